The van der Waals surface area contributed by atoms with Crippen molar-refractivity contribution < 1.29 is 9.66 Å². The number of hydrogen-bond acceptors (Lipinski definition) is 8. The predicted octanol–water partition coefficient (Wildman–Crippen LogP) is 3.58. The Kier molecular flexibility index (Phi) is 4.88. The van der Waals surface area contributed by atoms with Gasteiger partial charge < -0.3 is 15.4 Å². The normalized spacial score (nSPS) is 10.2. The summed E-state index contributed by atoms with van der Waals surface area (Å²) in [7, 11) is 1.54. The van der Waals surface area contributed by atoms with Gasteiger partial charge in [0.05, 0.1) is 12.0 Å². The Morgan fingerprint density at radius 2 is 1.85 bits per heavy atom. The van der Waals surface area contributed by atoms with Crippen LogP contribution in [0, 0.1) is 17.0 Å². The zero-order chi connectivity index (χ0) is 18.5. The third-order valence-electron chi connectivity index (χ3n) is 3.50. The topological polar surface area (TPSA) is 115 Å². The summed E-state index contributed by atoms with van der Waals surface area (Å²) in [6.07, 6.45) is 2.90. The third kappa shape index (κ3) is 3.83. The number of nitrogens with one attached hydrogen (secondary N) is 2. The number of ether oxygens (including phenoxy) is 1. The lowest BCUT2D eigenvalue weighted by atomic mass is 10.3. The second kappa shape index (κ2) is 7.43. The minimum absolute atomic E-state index is 0.0479. The molecule has 0 saturated carbocycles. The number of pyridine rings is 1. The summed E-state index contributed by atoms with van der Waals surface area (Å²) in [6, 6.07) is 10.6. The van der Waals surface area contributed by atoms with E-state index in [1.807, 2.05) is 13.0 Å². The summed E-state index contributed by atoms with van der Waals surface area (Å²) in [5.41, 5.74) is 1.30. The summed E-state index contributed by atoms with van der Waals surface area (Å²) in [6.45, 7) is 1.90. The van der Waals surface area contributed by atoms with Crippen LogP contribution < -0.4 is 15.4 Å². The molecule has 9 heteroatoms. The summed E-state index contributed by atoms with van der Waals surface area (Å²) < 4.78 is 5.16. The molecule has 0 amide bonds. The quantitative estimate of drug-likeness (QED) is 0.511. The van der Waals surface area contributed by atoms with Crippen LogP contribution in [0.2, 0.25) is 0 Å². The van der Waals surface area contributed by atoms with Gasteiger partial charge in [-0.2, -0.15) is 0 Å². The van der Waals surface area contributed by atoms with Crippen LogP contribution in [-0.2, 0) is 0 Å². The Balaban J connectivity index is 1.95. The van der Waals surface area contributed by atoms with Crippen LogP contribution in [0.4, 0.5) is 28.8 Å². The maximum atomic E-state index is 11.6. The van der Waals surface area contributed by atoms with Gasteiger partial charge >= 0.3 is 5.69 Å². The van der Waals surface area contributed by atoms with Gasteiger partial charge in [-0.3, -0.25) is 10.1 Å². The van der Waals surface area contributed by atoms with E-state index in [2.05, 4.69) is 25.6 Å². The maximum Gasteiger partial charge on any atom is 0.353 e. The second-order valence-electron chi connectivity index (χ2n) is 5.38. The van der Waals surface area contributed by atoms with Gasteiger partial charge in [-0.15, -0.1) is 0 Å². The van der Waals surface area contributed by atoms with Crippen LogP contribution in [0.1, 0.15) is 5.56 Å². The van der Waals surface area contributed by atoms with Crippen LogP contribution in [0.25, 0.3) is 0 Å². The third-order valence-corrected chi connectivity index (χ3v) is 3.50. The van der Waals surface area contributed by atoms with E-state index < -0.39 is 4.92 Å². The molecule has 0 spiro atoms. The van der Waals surface area contributed by atoms with Crippen molar-refractivity contribution in [3.8, 4) is 5.75 Å². The average Bonchev–Trinajstić information content (AvgIpc) is 2.64. The Morgan fingerprint density at radius 1 is 1.08 bits per heavy atom. The fraction of sp³-hybridized carbons (Fsp3) is 0.118. The van der Waals surface area contributed by atoms with Crippen LogP contribution in [0.3, 0.4) is 0 Å². The van der Waals surface area contributed by atoms with Crippen LogP contribution in [-0.4, -0.2) is 27.0 Å². The Labute approximate surface area is 149 Å². The van der Waals surface area contributed by atoms with Crippen molar-refractivity contribution in [2.24, 2.45) is 0 Å². The highest BCUT2D eigenvalue weighted by Gasteiger charge is 2.23. The highest BCUT2D eigenvalue weighted by atomic mass is 16.6. The van der Waals surface area contributed by atoms with Crippen LogP contribution in [0.5, 0.6) is 5.75 Å². The number of nitro groups is 1. The monoisotopic (exact) mass is 352 g/mol. The zero-order valence-corrected chi connectivity index (χ0v) is 14.1. The minimum atomic E-state index is -0.543. The molecule has 0 fully saturated rings. The largest absolute Gasteiger partial charge is 0.497 e. The molecule has 132 valence electrons. The number of benzene rings is 1. The van der Waals surface area contributed by atoms with E-state index in [9.17, 15) is 10.1 Å². The molecule has 26 heavy (non-hydrogen) atoms. The average molecular weight is 352 g/mol. The van der Waals surface area contributed by atoms with Crippen LogP contribution >= 0.6 is 0 Å². The molecule has 2 aromatic heterocycles. The molecule has 0 saturated heterocycles. The molecule has 9 nitrogen and oxygen atoms in total. The molecule has 0 aliphatic rings. The number of aryl methyl sites for hydroxylation is 1. The van der Waals surface area contributed by atoms with E-state index in [4.69, 9.17) is 4.74 Å². The standard InChI is InChI=1S/C17H16N6O3/c1-11-6-7-14(18-9-11)22-17-15(23(24)25)16(19-10-20-17)21-12-4-3-5-13(8-12)26-2/h3-10H,1-2H3,(H2,18,19,20,21,22). The molecule has 0 aliphatic carbocycles. The van der Waals surface area contributed by atoms with Gasteiger partial charge in [0.25, 0.3) is 0 Å². The molecule has 0 atom stereocenters. The number of anilines is 4. The molecule has 2 heterocycles. The van der Waals surface area contributed by atoms with Gasteiger partial charge in [0, 0.05) is 18.0 Å². The summed E-state index contributed by atoms with van der Waals surface area (Å²) in [5, 5.41) is 17.4. The molecule has 0 radical (unpaired) electrons. The van der Waals surface area contributed by atoms with Gasteiger partial charge in [0.1, 0.15) is 17.9 Å². The van der Waals surface area contributed by atoms with Gasteiger partial charge in [-0.05, 0) is 30.7 Å². The summed E-state index contributed by atoms with van der Waals surface area (Å²) in [5.74, 6) is 1.18. The lowest BCUT2D eigenvalue weighted by molar-refractivity contribution is -0.383. The van der Waals surface area contributed by atoms with Crippen molar-refractivity contribution in [1.82, 2.24) is 15.0 Å². The minimum Gasteiger partial charge on any atom is -0.497 e. The van der Waals surface area contributed by atoms with Gasteiger partial charge in [0.2, 0.25) is 11.6 Å². The number of nitrogens with zero attached hydrogens (tertiary/aromatic N) is 4. The van der Waals surface area contributed by atoms with E-state index >= 15 is 0 Å². The highest BCUT2D eigenvalue weighted by molar-refractivity contribution is 5.76. The molecular weight excluding hydrogens is 336 g/mol. The summed E-state index contributed by atoms with van der Waals surface area (Å²) >= 11 is 0. The van der Waals surface area contributed by atoms with Crippen molar-refractivity contribution in [2.75, 3.05) is 17.7 Å². The highest BCUT2D eigenvalue weighted by Crippen LogP contribution is 2.33. The number of methoxy groups -OCH3 is 1. The fourth-order valence-electron chi connectivity index (χ4n) is 2.24. The first-order chi connectivity index (χ1) is 12.6. The molecule has 1 aromatic carbocycles. The zero-order valence-electron chi connectivity index (χ0n) is 14.1. The first kappa shape index (κ1) is 17.1. The van der Waals surface area contributed by atoms with Crippen molar-refractivity contribution >= 4 is 28.8 Å². The lowest BCUT2D eigenvalue weighted by Gasteiger charge is -2.10. The van der Waals surface area contributed by atoms with E-state index in [0.29, 0.717) is 17.3 Å². The molecule has 0 unspecified atom stereocenters. The van der Waals surface area contributed by atoms with E-state index in [-0.39, 0.29) is 17.3 Å². The molecule has 0 aliphatic heterocycles. The SMILES string of the molecule is COc1cccc(Nc2ncnc(Nc3ccc(C)cn3)c2[N+](=O)[O-])c1. The Bertz CT molecular complexity index is 930. The van der Waals surface area contributed by atoms with Gasteiger partial charge in [-0.1, -0.05) is 12.1 Å². The van der Waals surface area contributed by atoms with E-state index in [1.165, 1.54) is 6.33 Å². The molecule has 3 rings (SSSR count). The first-order valence-corrected chi connectivity index (χ1v) is 7.67. The number of aromatic nitrogens is 3. The van der Waals surface area contributed by atoms with E-state index in [0.717, 1.165) is 5.56 Å². The van der Waals surface area contributed by atoms with Gasteiger partial charge in [-0.25, -0.2) is 15.0 Å². The fourth-order valence-corrected chi connectivity index (χ4v) is 2.24. The van der Waals surface area contributed by atoms with Crippen molar-refractivity contribution in [3.63, 3.8) is 0 Å². The smallest absolute Gasteiger partial charge is 0.353 e. The first-order valence-electron chi connectivity index (χ1n) is 7.67. The Morgan fingerprint density at radius 3 is 2.50 bits per heavy atom. The number of rotatable bonds is 6. The van der Waals surface area contributed by atoms with Crippen molar-refractivity contribution in [2.45, 2.75) is 6.92 Å². The van der Waals surface area contributed by atoms with Crippen molar-refractivity contribution in [1.29, 1.82) is 0 Å². The second-order valence-corrected chi connectivity index (χ2v) is 5.38. The Hall–Kier alpha value is -3.75. The molecule has 0 bridgehead atoms. The molecular formula is C17H16N6O3. The summed E-state index contributed by atoms with van der Waals surface area (Å²) in [4.78, 5) is 23.2. The van der Waals surface area contributed by atoms with Gasteiger partial charge in [0.15, 0.2) is 0 Å². The molecule has 3 aromatic rings. The lowest BCUT2D eigenvalue weighted by Crippen LogP contribution is -2.06. The number of hydrogen-bond donors (Lipinski definition) is 2. The van der Waals surface area contributed by atoms with E-state index in [1.54, 1.807) is 43.6 Å². The maximum absolute atomic E-state index is 11.6. The van der Waals surface area contributed by atoms with Crippen molar-refractivity contribution in [3.05, 3.63) is 64.6 Å². The molecule has 2 N–H and O–H groups in total. The van der Waals surface area contributed by atoms with Crippen LogP contribution in [0.15, 0.2) is 48.9 Å². The predicted molar refractivity (Wildman–Crippen MR) is 97.2 cm³/mol.